The van der Waals surface area contributed by atoms with E-state index in [-0.39, 0.29) is 11.9 Å². The smallest absolute Gasteiger partial charge is 0.236 e. The second kappa shape index (κ2) is 5.47. The van der Waals surface area contributed by atoms with E-state index in [1.807, 2.05) is 25.8 Å². The Labute approximate surface area is 92.6 Å². The van der Waals surface area contributed by atoms with Crippen molar-refractivity contribution < 1.29 is 4.79 Å². The summed E-state index contributed by atoms with van der Waals surface area (Å²) in [5.41, 5.74) is 0. The second-order valence-electron chi connectivity index (χ2n) is 4.69. The highest BCUT2D eigenvalue weighted by Crippen LogP contribution is 2.01. The summed E-state index contributed by atoms with van der Waals surface area (Å²) >= 11 is 0. The predicted octanol–water partition coefficient (Wildman–Crippen LogP) is 0.147. The van der Waals surface area contributed by atoms with Crippen molar-refractivity contribution in [2.24, 2.45) is 0 Å². The molecule has 1 aliphatic rings. The van der Waals surface area contributed by atoms with Crippen LogP contribution >= 0.6 is 0 Å². The predicted molar refractivity (Wildman–Crippen MR) is 61.8 cm³/mol. The maximum atomic E-state index is 11.8. The summed E-state index contributed by atoms with van der Waals surface area (Å²) in [6.45, 7) is 9.72. The molecule has 1 N–H and O–H groups in total. The molecule has 1 atom stereocenters. The van der Waals surface area contributed by atoms with E-state index in [9.17, 15) is 4.79 Å². The van der Waals surface area contributed by atoms with Crippen LogP contribution in [-0.4, -0.2) is 61.0 Å². The van der Waals surface area contributed by atoms with Crippen LogP contribution in [0, 0.1) is 0 Å². The molecule has 0 saturated carbocycles. The number of piperazine rings is 1. The minimum Gasteiger partial charge on any atom is -0.342 e. The zero-order valence-electron chi connectivity index (χ0n) is 10.3. The molecule has 0 radical (unpaired) electrons. The first-order chi connectivity index (χ1) is 7.00. The number of amides is 1. The number of likely N-dealkylation sites (N-methyl/N-ethyl adjacent to an activating group) is 1. The van der Waals surface area contributed by atoms with Crippen molar-refractivity contribution in [2.45, 2.75) is 32.9 Å². The third kappa shape index (κ3) is 3.80. The normalized spacial score (nSPS) is 23.1. The van der Waals surface area contributed by atoms with Gasteiger partial charge in [-0.1, -0.05) is 0 Å². The number of nitrogens with one attached hydrogen (secondary N) is 1. The van der Waals surface area contributed by atoms with Gasteiger partial charge in [0.1, 0.15) is 0 Å². The van der Waals surface area contributed by atoms with Gasteiger partial charge < -0.3 is 10.2 Å². The summed E-state index contributed by atoms with van der Waals surface area (Å²) in [7, 11) is 1.87. The number of hydrogen-bond donors (Lipinski definition) is 1. The van der Waals surface area contributed by atoms with Gasteiger partial charge >= 0.3 is 0 Å². The quantitative estimate of drug-likeness (QED) is 0.725. The third-order valence-corrected chi connectivity index (χ3v) is 2.98. The van der Waals surface area contributed by atoms with Crippen LogP contribution < -0.4 is 5.32 Å². The first-order valence-corrected chi connectivity index (χ1v) is 5.72. The van der Waals surface area contributed by atoms with Gasteiger partial charge in [-0.2, -0.15) is 0 Å². The van der Waals surface area contributed by atoms with Gasteiger partial charge in [0.2, 0.25) is 5.91 Å². The lowest BCUT2D eigenvalue weighted by Crippen LogP contribution is -2.52. The Kier molecular flexibility index (Phi) is 4.54. The van der Waals surface area contributed by atoms with Crippen LogP contribution in [0.4, 0.5) is 0 Å². The number of rotatable bonds is 3. The second-order valence-corrected chi connectivity index (χ2v) is 4.69. The fourth-order valence-electron chi connectivity index (χ4n) is 1.75. The topological polar surface area (TPSA) is 35.6 Å². The molecule has 1 rings (SSSR count). The van der Waals surface area contributed by atoms with E-state index in [1.54, 1.807) is 0 Å². The summed E-state index contributed by atoms with van der Waals surface area (Å²) in [5, 5.41) is 3.37. The van der Waals surface area contributed by atoms with Crippen molar-refractivity contribution in [2.75, 3.05) is 33.2 Å². The van der Waals surface area contributed by atoms with Crippen LogP contribution in [0.3, 0.4) is 0 Å². The SMILES string of the molecule is CC(C)N(C)C(=O)CN1CCN[C@@H](C)C1. The van der Waals surface area contributed by atoms with Crippen molar-refractivity contribution in [3.05, 3.63) is 0 Å². The molecule has 0 aromatic rings. The molecule has 4 heteroatoms. The lowest BCUT2D eigenvalue weighted by Gasteiger charge is -2.33. The molecule has 0 aromatic carbocycles. The van der Waals surface area contributed by atoms with Crippen LogP contribution in [0.5, 0.6) is 0 Å². The minimum atomic E-state index is 0.221. The molecular formula is C11H23N3O. The molecule has 4 nitrogen and oxygen atoms in total. The zero-order chi connectivity index (χ0) is 11.4. The minimum absolute atomic E-state index is 0.221. The number of hydrogen-bond acceptors (Lipinski definition) is 3. The van der Waals surface area contributed by atoms with Crippen LogP contribution in [0.15, 0.2) is 0 Å². The molecule has 0 unspecified atom stereocenters. The largest absolute Gasteiger partial charge is 0.342 e. The van der Waals surface area contributed by atoms with Crippen molar-refractivity contribution in [1.29, 1.82) is 0 Å². The van der Waals surface area contributed by atoms with Crippen LogP contribution in [-0.2, 0) is 4.79 Å². The van der Waals surface area contributed by atoms with Gasteiger partial charge in [-0.25, -0.2) is 0 Å². The van der Waals surface area contributed by atoms with Crippen molar-refractivity contribution in [3.8, 4) is 0 Å². The van der Waals surface area contributed by atoms with Gasteiger partial charge in [0, 0.05) is 38.8 Å². The standard InChI is InChI=1S/C11H23N3O/c1-9(2)13(4)11(15)8-14-6-5-12-10(3)7-14/h9-10,12H,5-8H2,1-4H3/t10-/m0/s1. The summed E-state index contributed by atoms with van der Waals surface area (Å²) in [6.07, 6.45) is 0. The van der Waals surface area contributed by atoms with Gasteiger partial charge in [0.15, 0.2) is 0 Å². The fraction of sp³-hybridized carbons (Fsp3) is 0.909. The van der Waals surface area contributed by atoms with Gasteiger partial charge in [-0.15, -0.1) is 0 Å². The van der Waals surface area contributed by atoms with E-state index < -0.39 is 0 Å². The van der Waals surface area contributed by atoms with Crippen LogP contribution in [0.25, 0.3) is 0 Å². The maximum absolute atomic E-state index is 11.8. The molecule has 1 amide bonds. The number of carbonyl (C=O) groups excluding carboxylic acids is 1. The van der Waals surface area contributed by atoms with E-state index >= 15 is 0 Å². The highest BCUT2D eigenvalue weighted by atomic mass is 16.2. The summed E-state index contributed by atoms with van der Waals surface area (Å²) in [6, 6.07) is 0.786. The van der Waals surface area contributed by atoms with Crippen molar-refractivity contribution in [3.63, 3.8) is 0 Å². The Morgan fingerprint density at radius 1 is 1.60 bits per heavy atom. The highest BCUT2D eigenvalue weighted by molar-refractivity contribution is 5.78. The highest BCUT2D eigenvalue weighted by Gasteiger charge is 2.20. The van der Waals surface area contributed by atoms with Crippen LogP contribution in [0.1, 0.15) is 20.8 Å². The first-order valence-electron chi connectivity index (χ1n) is 5.72. The molecule has 1 aliphatic heterocycles. The van der Waals surface area contributed by atoms with E-state index in [0.717, 1.165) is 19.6 Å². The maximum Gasteiger partial charge on any atom is 0.236 e. The molecular weight excluding hydrogens is 190 g/mol. The molecule has 0 spiro atoms. The van der Waals surface area contributed by atoms with E-state index in [4.69, 9.17) is 0 Å². The molecule has 1 saturated heterocycles. The number of nitrogens with zero attached hydrogens (tertiary/aromatic N) is 2. The fourth-order valence-corrected chi connectivity index (χ4v) is 1.75. The lowest BCUT2D eigenvalue weighted by molar-refractivity contribution is -0.132. The Hall–Kier alpha value is -0.610. The lowest BCUT2D eigenvalue weighted by atomic mass is 10.2. The molecule has 0 aromatic heterocycles. The molecule has 88 valence electrons. The number of carbonyl (C=O) groups is 1. The van der Waals surface area contributed by atoms with Gasteiger partial charge in [-0.05, 0) is 20.8 Å². The Balaban J connectivity index is 2.37. The van der Waals surface area contributed by atoms with Crippen molar-refractivity contribution in [1.82, 2.24) is 15.1 Å². The average Bonchev–Trinajstić information content (AvgIpc) is 2.16. The molecule has 1 fully saturated rings. The Morgan fingerprint density at radius 2 is 2.27 bits per heavy atom. The third-order valence-electron chi connectivity index (χ3n) is 2.98. The monoisotopic (exact) mass is 213 g/mol. The molecule has 0 aliphatic carbocycles. The van der Waals surface area contributed by atoms with Crippen LogP contribution in [0.2, 0.25) is 0 Å². The Morgan fingerprint density at radius 3 is 2.80 bits per heavy atom. The van der Waals surface area contributed by atoms with Gasteiger partial charge in [0.05, 0.1) is 6.54 Å². The van der Waals surface area contributed by atoms with E-state index in [0.29, 0.717) is 12.6 Å². The van der Waals surface area contributed by atoms with E-state index in [2.05, 4.69) is 17.1 Å². The zero-order valence-corrected chi connectivity index (χ0v) is 10.3. The van der Waals surface area contributed by atoms with E-state index in [1.165, 1.54) is 0 Å². The summed E-state index contributed by atoms with van der Waals surface area (Å²) in [4.78, 5) is 15.9. The molecule has 15 heavy (non-hydrogen) atoms. The average molecular weight is 213 g/mol. The molecule has 0 bridgehead atoms. The summed E-state index contributed by atoms with van der Waals surface area (Å²) in [5.74, 6) is 0.221. The summed E-state index contributed by atoms with van der Waals surface area (Å²) < 4.78 is 0. The Bertz CT molecular complexity index is 218. The first kappa shape index (κ1) is 12.5. The van der Waals surface area contributed by atoms with Crippen molar-refractivity contribution >= 4 is 5.91 Å². The van der Waals surface area contributed by atoms with Gasteiger partial charge in [-0.3, -0.25) is 9.69 Å². The van der Waals surface area contributed by atoms with Gasteiger partial charge in [0.25, 0.3) is 0 Å². The molecule has 1 heterocycles.